The molecule has 0 aromatic rings. The number of aliphatic hydroxyl groups excluding tert-OH is 14. The van der Waals surface area contributed by atoms with Gasteiger partial charge in [0.2, 0.25) is 0 Å². The van der Waals surface area contributed by atoms with Gasteiger partial charge in [0.25, 0.3) is 23.6 Å². The SMILES string of the molecule is CCC(=O)CCC(O)COCC(O)CC(=O)OC.COC(=O)CC(O)COCC(O)CCC(=O)CCN1C(=O)C=CC1=O.COC(=O)CC(O)COCC(O)CCC(=O)CCSSC.COC(=O)CC(O)COCC(O)CCC(=O)CCSSC.COC(=O)CC(O)COCC(O)CSC.COC(=O)CC(O)COCC(O)CSSC.O=C(O)CC(O)COCC(O)CCC(=O)CCN1C(=O)C=CC1=O.[W].[W].[W]. The number of imide groups is 2. The van der Waals surface area contributed by atoms with E-state index in [9.17, 15) is 148 Å². The number of ketones is 5. The first-order valence-corrected chi connectivity index (χ1v) is 53.7. The van der Waals surface area contributed by atoms with Crippen molar-refractivity contribution < 1.29 is 278 Å². The van der Waals surface area contributed by atoms with Crippen molar-refractivity contribution in [1.82, 2.24) is 9.80 Å². The van der Waals surface area contributed by atoms with E-state index in [0.29, 0.717) is 69.3 Å². The number of aliphatic hydroxyl groups is 14. The van der Waals surface area contributed by atoms with Crippen molar-refractivity contribution in [3.8, 4) is 0 Å². The van der Waals surface area contributed by atoms with Gasteiger partial charge >= 0.3 is 41.8 Å². The summed E-state index contributed by atoms with van der Waals surface area (Å²) in [7, 11) is 17.1. The zero-order valence-corrected chi connectivity index (χ0v) is 97.1. The molecule has 4 amide bonds. The Morgan fingerprint density at radius 2 is 0.469 bits per heavy atom. The quantitative estimate of drug-likeness (QED) is 0.0124. The molecule has 0 fully saturated rings. The normalized spacial score (nSPS) is 14.6. The second-order valence-corrected chi connectivity index (χ2v) is 39.0. The molecule has 0 radical (unpaired) electrons. The van der Waals surface area contributed by atoms with E-state index >= 15 is 0 Å². The maximum atomic E-state index is 11.7. The third-order valence-corrected chi connectivity index (χ3v) is 23.9. The molecule has 15 N–H and O–H groups in total. The molecule has 2 heterocycles. The monoisotopic (exact) mass is 2700 g/mol. The third kappa shape index (κ3) is 102. The molecule has 0 aliphatic carbocycles. The van der Waals surface area contributed by atoms with Crippen LogP contribution in [0.1, 0.15) is 148 Å². The van der Waals surface area contributed by atoms with Crippen LogP contribution in [0.25, 0.3) is 0 Å². The molecule has 46 nitrogen and oxygen atoms in total. The zero-order valence-electron chi connectivity index (χ0n) is 82.6. The summed E-state index contributed by atoms with van der Waals surface area (Å²) >= 11 is 1.52. The van der Waals surface area contributed by atoms with Crippen LogP contribution in [-0.2, 0) is 201 Å². The zero-order chi connectivity index (χ0) is 107. The Kier molecular flexibility index (Phi) is 112. The fourth-order valence-electron chi connectivity index (χ4n) is 10.1. The van der Waals surface area contributed by atoms with Crippen molar-refractivity contribution in [3.05, 3.63) is 24.3 Å². The summed E-state index contributed by atoms with van der Waals surface area (Å²) in [5, 5.41) is 141. The predicted molar refractivity (Wildman–Crippen MR) is 520 cm³/mol. The number of nitrogens with zero attached hydrogens (tertiary/aromatic N) is 2. The molecule has 0 aromatic carbocycles. The van der Waals surface area contributed by atoms with Gasteiger partial charge < -0.3 is 138 Å². The molecule has 14 unspecified atom stereocenters. The Hall–Kier alpha value is -3.93. The van der Waals surface area contributed by atoms with E-state index in [4.69, 9.17) is 38.3 Å². The number of carboxylic acid groups (broad SMARTS) is 1. The fraction of sp³-hybridized carbons (Fsp3) is 0.770. The number of ether oxygens (including phenoxy) is 13. The van der Waals surface area contributed by atoms with E-state index in [2.05, 4.69) is 28.4 Å². The number of carboxylic acids is 1. The molecule has 0 aromatic heterocycles. The van der Waals surface area contributed by atoms with Crippen LogP contribution in [0.2, 0.25) is 0 Å². The topological polar surface area (TPSA) is 703 Å². The molecule has 0 saturated carbocycles. The van der Waals surface area contributed by atoms with Crippen molar-refractivity contribution >= 4 is 171 Å². The van der Waals surface area contributed by atoms with Gasteiger partial charge in [0.15, 0.2) is 0 Å². The molecular weight excluding hydrogens is 2550 g/mol. The van der Waals surface area contributed by atoms with Crippen LogP contribution in [0.15, 0.2) is 24.3 Å². The summed E-state index contributed by atoms with van der Waals surface area (Å²) in [5.74, 6) is -3.26. The summed E-state index contributed by atoms with van der Waals surface area (Å²) in [6.07, 6.45) is 3.17. The van der Waals surface area contributed by atoms with Crippen molar-refractivity contribution in [2.24, 2.45) is 0 Å². The number of rotatable bonds is 77. The van der Waals surface area contributed by atoms with Gasteiger partial charge in [-0.2, -0.15) is 11.8 Å². The molecule has 143 heavy (non-hydrogen) atoms. The van der Waals surface area contributed by atoms with E-state index in [1.54, 1.807) is 60.9 Å². The first-order valence-electron chi connectivity index (χ1n) is 44.1. The van der Waals surface area contributed by atoms with Crippen molar-refractivity contribution in [3.63, 3.8) is 0 Å². The van der Waals surface area contributed by atoms with Gasteiger partial charge in [-0.05, 0) is 57.1 Å². The maximum absolute atomic E-state index is 11.7. The summed E-state index contributed by atoms with van der Waals surface area (Å²) in [4.78, 5) is 180. The second kappa shape index (κ2) is 104. The Balaban J connectivity index is -0.000000249. The molecule has 2 aliphatic rings. The molecule has 56 heteroatoms. The van der Waals surface area contributed by atoms with E-state index in [1.807, 2.05) is 25.0 Å². The van der Waals surface area contributed by atoms with Gasteiger partial charge in [-0.25, -0.2) is 0 Å². The Morgan fingerprint density at radius 3 is 0.671 bits per heavy atom. The smallest absolute Gasteiger partial charge is 0.308 e. The largest absolute Gasteiger partial charge is 0.481 e. The number of methoxy groups -OCH3 is 6. The number of esters is 6. The Morgan fingerprint density at radius 1 is 0.273 bits per heavy atom. The van der Waals surface area contributed by atoms with Crippen LogP contribution >= 0.6 is 76.5 Å². The van der Waals surface area contributed by atoms with Gasteiger partial charge in [-0.3, -0.25) is 86.5 Å². The second-order valence-electron chi connectivity index (χ2n) is 30.1. The standard InChI is InChI=1S/C16H23NO8.C15H21NO8.2C13H24O6S2.C12H22O6.C9H18O5S2.C9H18O5S.3W/c1-24-16(23)8-13(20)10-25-9-12(19)3-2-11(18)6-7-17-14(21)4-5-15(17)22;17-10(5-6-16-13(20)3-4-14(16)21)1-2-11(18)8-24-9-12(19)7-15(22)23;2*1-18-13(17)7-12(16)9-19-8-11(15)4-3-10(14)5-6-21-20-2;1-3-9(13)4-5-10(14)7-18-8-11(15)6-12(16)17-2;1-13-9(12)3-7(10)4-14-5-8(11)6-16-15-2;1-13-9(12)3-7(10)4-14-5-8(11)6-15-2;;;/h4-5,12-13,19-20H,2-3,6-10H2,1H3;3-4,11-12,18-19H,1-2,5-9H2,(H,22,23);2*11-12,15-16H,3-9H2,1-2H3;10-11,14-15H,3-8H2,1-2H3;7-8,10-11H,3-6H2,1-2H3;7-8,10-11H,3-6H2,1-2H3;;;. The number of hydrogen-bond donors (Lipinski definition) is 15. The van der Waals surface area contributed by atoms with Crippen LogP contribution in [0.4, 0.5) is 0 Å². The van der Waals surface area contributed by atoms with E-state index in [-0.39, 0.29) is 275 Å². The molecule has 0 bridgehead atoms. The predicted octanol–water partition coefficient (Wildman–Crippen LogP) is -0.117. The number of thioether (sulfide) groups is 1. The summed E-state index contributed by atoms with van der Waals surface area (Å²) in [6.45, 7) is 1.57. The van der Waals surface area contributed by atoms with Crippen LogP contribution in [-0.4, -0.2) is 462 Å². The summed E-state index contributed by atoms with van der Waals surface area (Å²) in [5.41, 5.74) is 0. The first-order chi connectivity index (χ1) is 66.3. The molecule has 832 valence electrons. The fourth-order valence-corrected chi connectivity index (χ4v) is 14.3. The molecule has 0 saturated heterocycles. The van der Waals surface area contributed by atoms with Gasteiger partial charge in [-0.1, -0.05) is 71.7 Å². The van der Waals surface area contributed by atoms with Gasteiger partial charge in [0, 0.05) is 188 Å². The maximum Gasteiger partial charge on any atom is 0.308 e. The average molecular weight is 2700 g/mol. The molecule has 0 spiro atoms. The number of carbonyl (C=O) groups is 16. The minimum Gasteiger partial charge on any atom is -0.481 e. The minimum absolute atomic E-state index is 0. The minimum atomic E-state index is -1.15. The summed E-state index contributed by atoms with van der Waals surface area (Å²) in [6, 6.07) is 0. The number of carbonyl (C=O) groups excluding carboxylic acids is 15. The number of aliphatic carboxylic acids is 1. The summed E-state index contributed by atoms with van der Waals surface area (Å²) < 4.78 is 61.8. The number of amides is 4. The number of Topliss-reactive ketones (excluding diaryl/α,β-unsaturated/α-hetero) is 5. The van der Waals surface area contributed by atoms with E-state index < -0.39 is 157 Å². The number of hydrogen-bond acceptors (Lipinski definition) is 50. The van der Waals surface area contributed by atoms with E-state index in [0.717, 1.165) is 45.6 Å². The van der Waals surface area contributed by atoms with Crippen LogP contribution in [0.3, 0.4) is 0 Å². The van der Waals surface area contributed by atoms with Crippen LogP contribution in [0.5, 0.6) is 0 Å². The van der Waals surface area contributed by atoms with Gasteiger partial charge in [-0.15, -0.1) is 0 Å². The van der Waals surface area contributed by atoms with Crippen LogP contribution in [0, 0.1) is 0 Å². The molecule has 14 atom stereocenters. The Bertz CT molecular complexity index is 3380. The average Bonchev–Trinajstić information content (AvgIpc) is 1.74. The third-order valence-electron chi connectivity index (χ3n) is 17.6. The van der Waals surface area contributed by atoms with Gasteiger partial charge in [0.1, 0.15) is 28.9 Å². The van der Waals surface area contributed by atoms with Crippen LogP contribution < -0.4 is 0 Å². The van der Waals surface area contributed by atoms with Crippen molar-refractivity contribution in [1.29, 1.82) is 0 Å². The molecule has 2 rings (SSSR count). The Labute approximate surface area is 905 Å². The molecule has 2 aliphatic heterocycles. The van der Waals surface area contributed by atoms with Gasteiger partial charge in [0.05, 0.1) is 266 Å². The van der Waals surface area contributed by atoms with E-state index in [1.165, 1.54) is 65.2 Å². The van der Waals surface area contributed by atoms with Crippen molar-refractivity contribution in [2.45, 2.75) is 234 Å². The first kappa shape index (κ1) is 154. The molecular formula is C87H150N2O44S7W3. The van der Waals surface area contributed by atoms with Crippen molar-refractivity contribution in [2.75, 3.05) is 196 Å².